The Labute approximate surface area is 187 Å². The Bertz CT molecular complexity index is 819. The molecule has 176 valence electrons. The molecular formula is C22H32FN5O4. The Morgan fingerprint density at radius 2 is 1.94 bits per heavy atom. The average molecular weight is 450 g/mol. The molecule has 0 radical (unpaired) electrons. The average Bonchev–Trinajstić information content (AvgIpc) is 3.11. The van der Waals surface area contributed by atoms with E-state index in [0.29, 0.717) is 26.1 Å². The monoisotopic (exact) mass is 449 g/mol. The van der Waals surface area contributed by atoms with Crippen molar-refractivity contribution in [1.82, 2.24) is 25.8 Å². The zero-order valence-corrected chi connectivity index (χ0v) is 18.8. The first-order chi connectivity index (χ1) is 15.3. The molecule has 3 N–H and O–H groups in total. The molecule has 2 aliphatic heterocycles. The molecule has 2 fully saturated rings. The lowest BCUT2D eigenvalue weighted by Gasteiger charge is -2.42. The third-order valence-corrected chi connectivity index (χ3v) is 5.69. The SMILES string of the molecule is COCC(=O)NC[C@H]1C(=O)N2C[C@@H](NC(=O)NC(C)C)C[C@H]2CN1Cc1ccc(F)cc1. The number of carbonyl (C=O) groups is 3. The molecule has 4 amide bonds. The highest BCUT2D eigenvalue weighted by Gasteiger charge is 2.45. The van der Waals surface area contributed by atoms with Crippen molar-refractivity contribution < 1.29 is 23.5 Å². The molecule has 10 heteroatoms. The van der Waals surface area contributed by atoms with Crippen molar-refractivity contribution >= 4 is 17.8 Å². The number of benzene rings is 1. The van der Waals surface area contributed by atoms with Gasteiger partial charge in [-0.25, -0.2) is 9.18 Å². The molecule has 0 unspecified atom stereocenters. The molecule has 0 saturated carbocycles. The number of methoxy groups -OCH3 is 1. The van der Waals surface area contributed by atoms with E-state index in [2.05, 4.69) is 16.0 Å². The topological polar surface area (TPSA) is 103 Å². The van der Waals surface area contributed by atoms with Crippen molar-refractivity contribution in [2.24, 2.45) is 0 Å². The number of nitrogens with one attached hydrogen (secondary N) is 3. The lowest BCUT2D eigenvalue weighted by Crippen LogP contribution is -2.62. The number of nitrogens with zero attached hydrogens (tertiary/aromatic N) is 2. The van der Waals surface area contributed by atoms with Gasteiger partial charge in [-0.15, -0.1) is 0 Å². The van der Waals surface area contributed by atoms with Crippen LogP contribution in [0.1, 0.15) is 25.8 Å². The Morgan fingerprint density at radius 3 is 2.59 bits per heavy atom. The third kappa shape index (κ3) is 6.17. The van der Waals surface area contributed by atoms with Gasteiger partial charge in [0.2, 0.25) is 11.8 Å². The predicted octanol–water partition coefficient (Wildman–Crippen LogP) is 0.450. The molecule has 2 saturated heterocycles. The summed E-state index contributed by atoms with van der Waals surface area (Å²) in [5.74, 6) is -0.701. The Hall–Kier alpha value is -2.72. The molecule has 0 bridgehead atoms. The van der Waals surface area contributed by atoms with E-state index in [1.807, 2.05) is 18.7 Å². The van der Waals surface area contributed by atoms with Crippen LogP contribution in [0.2, 0.25) is 0 Å². The van der Waals surface area contributed by atoms with Crippen LogP contribution in [0.4, 0.5) is 9.18 Å². The summed E-state index contributed by atoms with van der Waals surface area (Å²) in [6.07, 6.45) is 0.653. The van der Waals surface area contributed by atoms with Gasteiger partial charge in [-0.1, -0.05) is 12.1 Å². The molecule has 2 heterocycles. The summed E-state index contributed by atoms with van der Waals surface area (Å²) in [5, 5.41) is 8.52. The van der Waals surface area contributed by atoms with Crippen molar-refractivity contribution in [3.05, 3.63) is 35.6 Å². The van der Waals surface area contributed by atoms with Crippen LogP contribution in [0, 0.1) is 5.82 Å². The van der Waals surface area contributed by atoms with E-state index in [1.165, 1.54) is 19.2 Å². The number of ether oxygens (including phenoxy) is 1. The summed E-state index contributed by atoms with van der Waals surface area (Å²) in [5.41, 5.74) is 0.879. The van der Waals surface area contributed by atoms with Crippen LogP contribution >= 0.6 is 0 Å². The first-order valence-corrected chi connectivity index (χ1v) is 10.9. The van der Waals surface area contributed by atoms with Crippen molar-refractivity contribution in [3.63, 3.8) is 0 Å². The lowest BCUT2D eigenvalue weighted by molar-refractivity contribution is -0.144. The second-order valence-corrected chi connectivity index (χ2v) is 8.66. The van der Waals surface area contributed by atoms with Crippen molar-refractivity contribution in [3.8, 4) is 0 Å². The van der Waals surface area contributed by atoms with Crippen LogP contribution in [-0.4, -0.2) is 85.2 Å². The highest BCUT2D eigenvalue weighted by atomic mass is 19.1. The normalized spacial score (nSPS) is 23.2. The minimum absolute atomic E-state index is 0.0203. The molecular weight excluding hydrogens is 417 g/mol. The van der Waals surface area contributed by atoms with Crippen LogP contribution in [0.3, 0.4) is 0 Å². The first-order valence-electron chi connectivity index (χ1n) is 10.9. The second kappa shape index (κ2) is 10.7. The van der Waals surface area contributed by atoms with Crippen molar-refractivity contribution in [2.75, 3.05) is 33.4 Å². The zero-order valence-electron chi connectivity index (χ0n) is 18.8. The molecule has 3 atom stereocenters. The summed E-state index contributed by atoms with van der Waals surface area (Å²) in [4.78, 5) is 41.2. The molecule has 3 rings (SSSR count). The Morgan fingerprint density at radius 1 is 1.22 bits per heavy atom. The maximum atomic E-state index is 13.4. The number of halogens is 1. The number of rotatable bonds is 8. The van der Waals surface area contributed by atoms with E-state index >= 15 is 0 Å². The van der Waals surface area contributed by atoms with E-state index < -0.39 is 6.04 Å². The van der Waals surface area contributed by atoms with E-state index in [0.717, 1.165) is 5.56 Å². The predicted molar refractivity (Wildman–Crippen MR) is 116 cm³/mol. The number of carbonyl (C=O) groups excluding carboxylic acids is 3. The van der Waals surface area contributed by atoms with E-state index in [9.17, 15) is 18.8 Å². The smallest absolute Gasteiger partial charge is 0.315 e. The molecule has 0 aliphatic carbocycles. The summed E-state index contributed by atoms with van der Waals surface area (Å²) in [7, 11) is 1.43. The quantitative estimate of drug-likeness (QED) is 0.535. The van der Waals surface area contributed by atoms with E-state index in [-0.39, 0.29) is 54.9 Å². The van der Waals surface area contributed by atoms with Gasteiger partial charge in [0, 0.05) is 45.4 Å². The zero-order chi connectivity index (χ0) is 23.3. The highest BCUT2D eigenvalue weighted by molar-refractivity contribution is 5.85. The number of hydrogen-bond donors (Lipinski definition) is 3. The minimum Gasteiger partial charge on any atom is -0.375 e. The van der Waals surface area contributed by atoms with Gasteiger partial charge in [0.25, 0.3) is 0 Å². The summed E-state index contributed by atoms with van der Waals surface area (Å²) in [6, 6.07) is 5.22. The fourth-order valence-electron chi connectivity index (χ4n) is 4.31. The number of amides is 4. The van der Waals surface area contributed by atoms with Gasteiger partial charge in [-0.2, -0.15) is 0 Å². The van der Waals surface area contributed by atoms with Gasteiger partial charge < -0.3 is 25.6 Å². The standard InChI is InChI=1S/C22H32FN5O4/c1-14(2)25-22(31)26-17-8-18-12-27(10-15-4-6-16(23)7-5-15)19(21(30)28(18)11-17)9-24-20(29)13-32-3/h4-7,14,17-19H,8-13H2,1-3H3,(H,24,29)(H2,25,26,31)/t17-,18-,19-/m0/s1. The molecule has 2 aliphatic rings. The number of hydrogen-bond acceptors (Lipinski definition) is 5. The Kier molecular flexibility index (Phi) is 8.03. The van der Waals surface area contributed by atoms with Gasteiger partial charge in [-0.3, -0.25) is 14.5 Å². The summed E-state index contributed by atoms with van der Waals surface area (Å²) in [6.45, 7) is 5.32. The highest BCUT2D eigenvalue weighted by Crippen LogP contribution is 2.27. The second-order valence-electron chi connectivity index (χ2n) is 8.66. The molecule has 1 aromatic carbocycles. The number of urea groups is 1. The van der Waals surface area contributed by atoms with Gasteiger partial charge in [0.15, 0.2) is 0 Å². The Balaban J connectivity index is 1.71. The van der Waals surface area contributed by atoms with Crippen LogP contribution in [0.5, 0.6) is 0 Å². The van der Waals surface area contributed by atoms with Crippen molar-refractivity contribution in [2.45, 2.75) is 51.0 Å². The number of piperazine rings is 1. The fourth-order valence-corrected chi connectivity index (χ4v) is 4.31. The molecule has 0 aromatic heterocycles. The fraction of sp³-hybridized carbons (Fsp3) is 0.591. The molecule has 9 nitrogen and oxygen atoms in total. The van der Waals surface area contributed by atoms with Crippen LogP contribution in [-0.2, 0) is 20.9 Å². The number of fused-ring (bicyclic) bond motifs is 1. The largest absolute Gasteiger partial charge is 0.375 e. The van der Waals surface area contributed by atoms with Crippen LogP contribution in [0.15, 0.2) is 24.3 Å². The van der Waals surface area contributed by atoms with Gasteiger partial charge in [0.1, 0.15) is 18.5 Å². The third-order valence-electron chi connectivity index (χ3n) is 5.69. The van der Waals surface area contributed by atoms with Gasteiger partial charge in [0.05, 0.1) is 6.04 Å². The molecule has 32 heavy (non-hydrogen) atoms. The maximum absolute atomic E-state index is 13.4. The maximum Gasteiger partial charge on any atom is 0.315 e. The molecule has 0 spiro atoms. The van der Waals surface area contributed by atoms with Gasteiger partial charge >= 0.3 is 6.03 Å². The van der Waals surface area contributed by atoms with Crippen molar-refractivity contribution in [1.29, 1.82) is 0 Å². The minimum atomic E-state index is -0.555. The van der Waals surface area contributed by atoms with E-state index in [4.69, 9.17) is 4.74 Å². The summed E-state index contributed by atoms with van der Waals surface area (Å²) < 4.78 is 18.2. The van der Waals surface area contributed by atoms with E-state index in [1.54, 1.807) is 17.0 Å². The van der Waals surface area contributed by atoms with Crippen LogP contribution < -0.4 is 16.0 Å². The first kappa shape index (κ1) is 23.9. The van der Waals surface area contributed by atoms with Crippen LogP contribution in [0.25, 0.3) is 0 Å². The lowest BCUT2D eigenvalue weighted by atomic mass is 10.0. The summed E-state index contributed by atoms with van der Waals surface area (Å²) >= 11 is 0. The van der Waals surface area contributed by atoms with Gasteiger partial charge in [-0.05, 0) is 38.0 Å². The molecule has 1 aromatic rings.